The van der Waals surface area contributed by atoms with Gasteiger partial charge in [-0.3, -0.25) is 0 Å². The lowest BCUT2D eigenvalue weighted by atomic mass is 10.0. The minimum Gasteiger partial charge on any atom is -0.477 e. The smallest absolute Gasteiger partial charge is 0.345 e. The largest absolute Gasteiger partial charge is 0.477 e. The maximum Gasteiger partial charge on any atom is 0.345 e. The van der Waals surface area contributed by atoms with Gasteiger partial charge in [0.2, 0.25) is 0 Å². The molecule has 1 aromatic carbocycles. The third-order valence-corrected chi connectivity index (χ3v) is 4.02. The Labute approximate surface area is 105 Å². The normalized spacial score (nSPS) is 10.5. The zero-order chi connectivity index (χ0) is 12.6. The van der Waals surface area contributed by atoms with Crippen molar-refractivity contribution in [1.82, 2.24) is 0 Å². The Morgan fingerprint density at radius 1 is 1.12 bits per heavy atom. The van der Waals surface area contributed by atoms with Crippen LogP contribution in [-0.4, -0.2) is 11.1 Å². The molecule has 0 aliphatic rings. The summed E-state index contributed by atoms with van der Waals surface area (Å²) in [6.45, 7) is 6.05. The van der Waals surface area contributed by atoms with E-state index in [1.807, 2.05) is 20.8 Å². The molecule has 0 fully saturated rings. The monoisotopic (exact) mass is 246 g/mol. The van der Waals surface area contributed by atoms with Gasteiger partial charge in [0.15, 0.2) is 0 Å². The molecule has 0 radical (unpaired) electrons. The Hall–Kier alpha value is -1.61. The van der Waals surface area contributed by atoms with E-state index in [4.69, 9.17) is 5.11 Å². The molecule has 0 spiro atoms. The zero-order valence-corrected chi connectivity index (χ0v) is 10.9. The number of rotatable bonds is 2. The van der Waals surface area contributed by atoms with Crippen LogP contribution in [0.25, 0.3) is 10.4 Å². The van der Waals surface area contributed by atoms with Crippen molar-refractivity contribution in [1.29, 1.82) is 0 Å². The van der Waals surface area contributed by atoms with Crippen LogP contribution in [0, 0.1) is 20.8 Å². The average Bonchev–Trinajstić information content (AvgIpc) is 2.64. The summed E-state index contributed by atoms with van der Waals surface area (Å²) >= 11 is 1.34. The molecule has 0 aliphatic carbocycles. The molecule has 0 saturated heterocycles. The Bertz CT molecular complexity index is 582. The Morgan fingerprint density at radius 3 is 2.41 bits per heavy atom. The average molecular weight is 246 g/mol. The van der Waals surface area contributed by atoms with Gasteiger partial charge in [-0.05, 0) is 43.5 Å². The Kier molecular flexibility index (Phi) is 3.03. The van der Waals surface area contributed by atoms with Crippen molar-refractivity contribution < 1.29 is 9.90 Å². The van der Waals surface area contributed by atoms with Crippen LogP contribution >= 0.6 is 11.3 Å². The fourth-order valence-electron chi connectivity index (χ4n) is 1.84. The van der Waals surface area contributed by atoms with Crippen molar-refractivity contribution in [3.8, 4) is 10.4 Å². The molecular weight excluding hydrogens is 232 g/mol. The SMILES string of the molecule is Cc1ccc(C)c(-c2sc(C(=O)O)cc2C)c1. The van der Waals surface area contributed by atoms with Gasteiger partial charge in [0.1, 0.15) is 4.88 Å². The molecule has 1 heterocycles. The second-order valence-corrected chi connectivity index (χ2v) is 5.30. The van der Waals surface area contributed by atoms with Crippen molar-refractivity contribution in [3.05, 3.63) is 45.8 Å². The van der Waals surface area contributed by atoms with Crippen LogP contribution in [0.2, 0.25) is 0 Å². The van der Waals surface area contributed by atoms with Crippen molar-refractivity contribution in [2.75, 3.05) is 0 Å². The van der Waals surface area contributed by atoms with Crippen LogP contribution in [0.1, 0.15) is 26.4 Å². The minimum atomic E-state index is -0.852. The van der Waals surface area contributed by atoms with Crippen LogP contribution in [0.5, 0.6) is 0 Å². The number of carboxylic acid groups (broad SMARTS) is 1. The topological polar surface area (TPSA) is 37.3 Å². The molecule has 88 valence electrons. The van der Waals surface area contributed by atoms with E-state index in [1.54, 1.807) is 6.07 Å². The lowest BCUT2D eigenvalue weighted by Crippen LogP contribution is -1.89. The molecule has 1 aromatic heterocycles. The summed E-state index contributed by atoms with van der Waals surface area (Å²) in [5, 5.41) is 9.00. The molecule has 0 amide bonds. The first-order valence-corrected chi connectivity index (χ1v) is 6.22. The predicted octanol–water partition coefficient (Wildman–Crippen LogP) is 4.04. The highest BCUT2D eigenvalue weighted by atomic mass is 32.1. The summed E-state index contributed by atoms with van der Waals surface area (Å²) in [6.07, 6.45) is 0. The number of hydrogen-bond donors (Lipinski definition) is 1. The molecule has 0 unspecified atom stereocenters. The molecule has 2 nitrogen and oxygen atoms in total. The molecule has 3 heteroatoms. The van der Waals surface area contributed by atoms with E-state index in [9.17, 15) is 4.79 Å². The maximum absolute atomic E-state index is 11.0. The summed E-state index contributed by atoms with van der Waals surface area (Å²) in [6, 6.07) is 7.99. The molecule has 0 aliphatic heterocycles. The van der Waals surface area contributed by atoms with Gasteiger partial charge in [-0.2, -0.15) is 0 Å². The molecule has 1 N–H and O–H groups in total. The van der Waals surface area contributed by atoms with Crippen molar-refractivity contribution in [2.45, 2.75) is 20.8 Å². The first-order valence-electron chi connectivity index (χ1n) is 5.40. The standard InChI is InChI=1S/C14H14O2S/c1-8-4-5-9(2)11(6-8)13-10(3)7-12(17-13)14(15)16/h4-7H,1-3H3,(H,15,16). The van der Waals surface area contributed by atoms with Crippen LogP contribution in [-0.2, 0) is 0 Å². The van der Waals surface area contributed by atoms with Crippen LogP contribution < -0.4 is 0 Å². The lowest BCUT2D eigenvalue weighted by Gasteiger charge is -2.06. The quantitative estimate of drug-likeness (QED) is 0.868. The van der Waals surface area contributed by atoms with Crippen molar-refractivity contribution in [3.63, 3.8) is 0 Å². The van der Waals surface area contributed by atoms with Crippen molar-refractivity contribution in [2.24, 2.45) is 0 Å². The molecule has 2 rings (SSSR count). The van der Waals surface area contributed by atoms with Crippen LogP contribution in [0.4, 0.5) is 0 Å². The maximum atomic E-state index is 11.0. The van der Waals surface area contributed by atoms with Gasteiger partial charge in [0, 0.05) is 4.88 Å². The second-order valence-electron chi connectivity index (χ2n) is 4.25. The summed E-state index contributed by atoms with van der Waals surface area (Å²) in [4.78, 5) is 12.4. The zero-order valence-electron chi connectivity index (χ0n) is 10.1. The predicted molar refractivity (Wildman–Crippen MR) is 70.9 cm³/mol. The van der Waals surface area contributed by atoms with Gasteiger partial charge < -0.3 is 5.11 Å². The molecule has 2 aromatic rings. The summed E-state index contributed by atoms with van der Waals surface area (Å²) in [7, 11) is 0. The van der Waals surface area contributed by atoms with E-state index in [2.05, 4.69) is 18.2 Å². The highest BCUT2D eigenvalue weighted by molar-refractivity contribution is 7.17. The van der Waals surface area contributed by atoms with E-state index < -0.39 is 5.97 Å². The molecule has 0 bridgehead atoms. The number of hydrogen-bond acceptors (Lipinski definition) is 2. The van der Waals surface area contributed by atoms with Gasteiger partial charge >= 0.3 is 5.97 Å². The van der Waals surface area contributed by atoms with E-state index in [1.165, 1.54) is 22.5 Å². The number of thiophene rings is 1. The summed E-state index contributed by atoms with van der Waals surface area (Å²) in [5.74, 6) is -0.852. The molecule has 0 atom stereocenters. The summed E-state index contributed by atoms with van der Waals surface area (Å²) in [5.41, 5.74) is 4.54. The van der Waals surface area contributed by atoms with Gasteiger partial charge in [-0.1, -0.05) is 23.8 Å². The number of carboxylic acids is 1. The van der Waals surface area contributed by atoms with Gasteiger partial charge in [0.25, 0.3) is 0 Å². The highest BCUT2D eigenvalue weighted by Crippen LogP contribution is 2.34. The fraction of sp³-hybridized carbons (Fsp3) is 0.214. The third-order valence-electron chi connectivity index (χ3n) is 2.77. The number of benzene rings is 1. The van der Waals surface area contributed by atoms with E-state index in [0.29, 0.717) is 4.88 Å². The Morgan fingerprint density at radius 2 is 1.82 bits per heavy atom. The highest BCUT2D eigenvalue weighted by Gasteiger charge is 2.13. The lowest BCUT2D eigenvalue weighted by molar-refractivity contribution is 0.0702. The van der Waals surface area contributed by atoms with E-state index in [-0.39, 0.29) is 0 Å². The first-order chi connectivity index (χ1) is 7.99. The van der Waals surface area contributed by atoms with E-state index in [0.717, 1.165) is 16.0 Å². The fourth-order valence-corrected chi connectivity index (χ4v) is 2.93. The van der Waals surface area contributed by atoms with Crippen LogP contribution in [0.3, 0.4) is 0 Å². The number of carbonyl (C=O) groups is 1. The van der Waals surface area contributed by atoms with Gasteiger partial charge in [-0.15, -0.1) is 11.3 Å². The Balaban J connectivity index is 2.60. The first kappa shape index (κ1) is 11.9. The third kappa shape index (κ3) is 2.24. The minimum absolute atomic E-state index is 0.401. The van der Waals surface area contributed by atoms with Gasteiger partial charge in [0.05, 0.1) is 0 Å². The molecular formula is C14H14O2S. The van der Waals surface area contributed by atoms with Crippen molar-refractivity contribution >= 4 is 17.3 Å². The van der Waals surface area contributed by atoms with Crippen LogP contribution in [0.15, 0.2) is 24.3 Å². The summed E-state index contributed by atoms with van der Waals surface area (Å²) < 4.78 is 0. The second kappa shape index (κ2) is 4.34. The number of aryl methyl sites for hydroxylation is 3. The molecule has 17 heavy (non-hydrogen) atoms. The number of aromatic carboxylic acids is 1. The van der Waals surface area contributed by atoms with E-state index >= 15 is 0 Å². The molecule has 0 saturated carbocycles. The van der Waals surface area contributed by atoms with Gasteiger partial charge in [-0.25, -0.2) is 4.79 Å².